The summed E-state index contributed by atoms with van der Waals surface area (Å²) in [5, 5.41) is 4.14. The zero-order valence-electron chi connectivity index (χ0n) is 9.53. The lowest BCUT2D eigenvalue weighted by molar-refractivity contribution is 0.0793. The van der Waals surface area contributed by atoms with Crippen LogP contribution in [-0.2, 0) is 7.05 Å². The molecule has 0 atom stereocenters. The predicted octanol–water partition coefficient (Wildman–Crippen LogP) is 0.149. The Morgan fingerprint density at radius 2 is 2.33 bits per heavy atom. The molecule has 5 heteroatoms. The Morgan fingerprint density at radius 3 is 2.80 bits per heavy atom. The van der Waals surface area contributed by atoms with Gasteiger partial charge in [-0.1, -0.05) is 0 Å². The fourth-order valence-electron chi connectivity index (χ4n) is 1.45. The first-order valence-electron chi connectivity index (χ1n) is 5.02. The number of nitrogens with zero attached hydrogens (tertiary/aromatic N) is 3. The van der Waals surface area contributed by atoms with E-state index in [0.29, 0.717) is 18.7 Å². The molecule has 0 saturated heterocycles. The van der Waals surface area contributed by atoms with Crippen molar-refractivity contribution in [1.82, 2.24) is 14.7 Å². The average molecular weight is 210 g/mol. The Morgan fingerprint density at radius 1 is 1.67 bits per heavy atom. The maximum atomic E-state index is 11.9. The molecular weight excluding hydrogens is 192 g/mol. The van der Waals surface area contributed by atoms with Gasteiger partial charge in [-0.3, -0.25) is 9.48 Å². The molecule has 0 aliphatic carbocycles. The molecule has 0 saturated carbocycles. The van der Waals surface area contributed by atoms with Crippen LogP contribution in [0.2, 0.25) is 0 Å². The fourth-order valence-corrected chi connectivity index (χ4v) is 1.45. The van der Waals surface area contributed by atoms with Crippen LogP contribution in [0, 0.1) is 6.92 Å². The van der Waals surface area contributed by atoms with Gasteiger partial charge in [0.2, 0.25) is 0 Å². The van der Waals surface area contributed by atoms with E-state index >= 15 is 0 Å². The third-order valence-electron chi connectivity index (χ3n) is 2.29. The molecule has 84 valence electrons. The minimum atomic E-state index is 0.00838. The van der Waals surface area contributed by atoms with E-state index in [-0.39, 0.29) is 5.91 Å². The minimum Gasteiger partial charge on any atom is -0.342 e. The van der Waals surface area contributed by atoms with Gasteiger partial charge in [0.05, 0.1) is 11.3 Å². The van der Waals surface area contributed by atoms with Gasteiger partial charge in [0.1, 0.15) is 0 Å². The summed E-state index contributed by atoms with van der Waals surface area (Å²) < 4.78 is 1.65. The van der Waals surface area contributed by atoms with Crippen LogP contribution in [0.15, 0.2) is 6.20 Å². The van der Waals surface area contributed by atoms with Crippen molar-refractivity contribution < 1.29 is 4.79 Å². The van der Waals surface area contributed by atoms with Crippen molar-refractivity contribution in [3.8, 4) is 0 Å². The van der Waals surface area contributed by atoms with Gasteiger partial charge in [0.15, 0.2) is 0 Å². The quantitative estimate of drug-likeness (QED) is 0.769. The Hall–Kier alpha value is -1.36. The van der Waals surface area contributed by atoms with Crippen LogP contribution in [0.1, 0.15) is 22.5 Å². The maximum absolute atomic E-state index is 11.9. The summed E-state index contributed by atoms with van der Waals surface area (Å²) >= 11 is 0. The van der Waals surface area contributed by atoms with Gasteiger partial charge < -0.3 is 10.6 Å². The summed E-state index contributed by atoms with van der Waals surface area (Å²) in [6.45, 7) is 3.12. The van der Waals surface area contributed by atoms with Crippen molar-refractivity contribution in [2.24, 2.45) is 12.8 Å². The van der Waals surface area contributed by atoms with Gasteiger partial charge in [-0.2, -0.15) is 5.10 Å². The van der Waals surface area contributed by atoms with Crippen LogP contribution < -0.4 is 5.73 Å². The molecule has 0 fully saturated rings. The lowest BCUT2D eigenvalue weighted by Gasteiger charge is -2.15. The van der Waals surface area contributed by atoms with Gasteiger partial charge in [-0.25, -0.2) is 0 Å². The molecule has 0 aromatic carbocycles. The standard InChI is InChI=1S/C10H18N4O/c1-8-9(7-14(3)12-8)10(15)13(2)6-4-5-11/h7H,4-6,11H2,1-3H3. The monoisotopic (exact) mass is 210 g/mol. The number of aryl methyl sites for hydroxylation is 2. The van der Waals surface area contributed by atoms with E-state index in [2.05, 4.69) is 5.10 Å². The minimum absolute atomic E-state index is 0.00838. The van der Waals surface area contributed by atoms with E-state index < -0.39 is 0 Å². The zero-order chi connectivity index (χ0) is 11.4. The van der Waals surface area contributed by atoms with E-state index in [9.17, 15) is 4.79 Å². The number of carbonyl (C=O) groups is 1. The molecule has 1 aromatic heterocycles. The molecular formula is C10H18N4O. The molecule has 0 unspecified atom stereocenters. The first kappa shape index (κ1) is 11.7. The lowest BCUT2D eigenvalue weighted by Crippen LogP contribution is -2.29. The summed E-state index contributed by atoms with van der Waals surface area (Å²) in [5.74, 6) is 0.00838. The van der Waals surface area contributed by atoms with Gasteiger partial charge >= 0.3 is 0 Å². The molecule has 0 bridgehead atoms. The molecule has 0 aliphatic heterocycles. The van der Waals surface area contributed by atoms with E-state index in [1.54, 1.807) is 22.8 Å². The molecule has 0 aliphatic rings. The first-order chi connectivity index (χ1) is 7.06. The van der Waals surface area contributed by atoms with Crippen LogP contribution in [0.3, 0.4) is 0 Å². The summed E-state index contributed by atoms with van der Waals surface area (Å²) in [6.07, 6.45) is 2.57. The normalized spacial score (nSPS) is 10.4. The second-order valence-electron chi connectivity index (χ2n) is 3.67. The van der Waals surface area contributed by atoms with Crippen molar-refractivity contribution >= 4 is 5.91 Å². The largest absolute Gasteiger partial charge is 0.342 e. The summed E-state index contributed by atoms with van der Waals surface area (Å²) in [6, 6.07) is 0. The van der Waals surface area contributed by atoms with Gasteiger partial charge in [-0.15, -0.1) is 0 Å². The zero-order valence-corrected chi connectivity index (χ0v) is 9.53. The highest BCUT2D eigenvalue weighted by Crippen LogP contribution is 2.07. The van der Waals surface area contributed by atoms with E-state index in [1.165, 1.54) is 0 Å². The van der Waals surface area contributed by atoms with Crippen molar-refractivity contribution in [2.75, 3.05) is 20.1 Å². The number of amides is 1. The Bertz CT molecular complexity index is 345. The molecule has 1 amide bonds. The Labute approximate surface area is 89.9 Å². The van der Waals surface area contributed by atoms with Crippen LogP contribution >= 0.6 is 0 Å². The van der Waals surface area contributed by atoms with Crippen molar-refractivity contribution in [2.45, 2.75) is 13.3 Å². The van der Waals surface area contributed by atoms with E-state index in [1.807, 2.05) is 14.0 Å². The van der Waals surface area contributed by atoms with E-state index in [0.717, 1.165) is 12.1 Å². The number of nitrogens with two attached hydrogens (primary N) is 1. The van der Waals surface area contributed by atoms with Crippen LogP contribution in [0.5, 0.6) is 0 Å². The molecule has 0 radical (unpaired) electrons. The number of carbonyl (C=O) groups excluding carboxylic acids is 1. The summed E-state index contributed by atoms with van der Waals surface area (Å²) in [5.41, 5.74) is 6.82. The molecule has 2 N–H and O–H groups in total. The average Bonchev–Trinajstić information content (AvgIpc) is 2.53. The molecule has 1 heterocycles. The van der Waals surface area contributed by atoms with Crippen molar-refractivity contribution in [1.29, 1.82) is 0 Å². The highest BCUT2D eigenvalue weighted by molar-refractivity contribution is 5.94. The van der Waals surface area contributed by atoms with Gasteiger partial charge in [-0.05, 0) is 19.9 Å². The lowest BCUT2D eigenvalue weighted by atomic mass is 10.2. The highest BCUT2D eigenvalue weighted by Gasteiger charge is 2.15. The Kier molecular flexibility index (Phi) is 3.85. The molecule has 5 nitrogen and oxygen atoms in total. The first-order valence-corrected chi connectivity index (χ1v) is 5.02. The topological polar surface area (TPSA) is 64.2 Å². The molecule has 1 aromatic rings. The number of rotatable bonds is 4. The fraction of sp³-hybridized carbons (Fsp3) is 0.600. The van der Waals surface area contributed by atoms with E-state index in [4.69, 9.17) is 5.73 Å². The molecule has 15 heavy (non-hydrogen) atoms. The van der Waals surface area contributed by atoms with Crippen LogP contribution in [0.4, 0.5) is 0 Å². The SMILES string of the molecule is Cc1nn(C)cc1C(=O)N(C)CCCN. The molecule has 1 rings (SSSR count). The number of hydrogen-bond donors (Lipinski definition) is 1. The van der Waals surface area contributed by atoms with Gasteiger partial charge in [0.25, 0.3) is 5.91 Å². The number of aromatic nitrogens is 2. The van der Waals surface area contributed by atoms with Crippen molar-refractivity contribution in [3.63, 3.8) is 0 Å². The highest BCUT2D eigenvalue weighted by atomic mass is 16.2. The second kappa shape index (κ2) is 4.93. The van der Waals surface area contributed by atoms with Crippen LogP contribution in [-0.4, -0.2) is 40.7 Å². The van der Waals surface area contributed by atoms with Crippen molar-refractivity contribution in [3.05, 3.63) is 17.5 Å². The predicted molar refractivity (Wildman–Crippen MR) is 58.6 cm³/mol. The second-order valence-corrected chi connectivity index (χ2v) is 3.67. The summed E-state index contributed by atoms with van der Waals surface area (Å²) in [7, 11) is 3.59. The van der Waals surface area contributed by atoms with Gasteiger partial charge in [0, 0.05) is 26.8 Å². The summed E-state index contributed by atoms with van der Waals surface area (Å²) in [4.78, 5) is 13.6. The smallest absolute Gasteiger partial charge is 0.257 e. The number of hydrogen-bond acceptors (Lipinski definition) is 3. The van der Waals surface area contributed by atoms with Crippen LogP contribution in [0.25, 0.3) is 0 Å². The third-order valence-corrected chi connectivity index (χ3v) is 2.29. The maximum Gasteiger partial charge on any atom is 0.257 e. The Balaban J connectivity index is 2.71. The third kappa shape index (κ3) is 2.79. The molecule has 0 spiro atoms.